The molecule has 6 nitrogen and oxygen atoms in total. The van der Waals surface area contributed by atoms with Crippen LogP contribution in [0.3, 0.4) is 0 Å². The molecule has 3 rings (SSSR count). The summed E-state index contributed by atoms with van der Waals surface area (Å²) < 4.78 is 41.2. The van der Waals surface area contributed by atoms with Gasteiger partial charge >= 0.3 is 0 Å². The van der Waals surface area contributed by atoms with E-state index >= 15 is 0 Å². The van der Waals surface area contributed by atoms with Crippen molar-refractivity contribution in [3.8, 4) is 0 Å². The maximum absolute atomic E-state index is 13.2. The molecule has 0 aromatic heterocycles. The summed E-state index contributed by atoms with van der Waals surface area (Å²) in [5.41, 5.74) is 3.07. The molecule has 0 saturated heterocycles. The Morgan fingerprint density at radius 3 is 2.38 bits per heavy atom. The summed E-state index contributed by atoms with van der Waals surface area (Å²) in [6.45, 7) is 5.40. The van der Waals surface area contributed by atoms with Gasteiger partial charge in [-0.05, 0) is 80.4 Å². The fraction of sp³-hybridized carbons (Fsp3) is 0.174. The van der Waals surface area contributed by atoms with Gasteiger partial charge in [-0.25, -0.2) is 12.8 Å². The molecule has 1 amide bonds. The lowest BCUT2D eigenvalue weighted by molar-refractivity contribution is -0.116. The van der Waals surface area contributed by atoms with E-state index in [9.17, 15) is 17.6 Å². The maximum Gasteiger partial charge on any atom is 0.261 e. The van der Waals surface area contributed by atoms with Gasteiger partial charge < -0.3 is 10.6 Å². The van der Waals surface area contributed by atoms with Gasteiger partial charge in [-0.15, -0.1) is 0 Å². The van der Waals surface area contributed by atoms with E-state index in [1.807, 2.05) is 13.8 Å². The topological polar surface area (TPSA) is 87.3 Å². The summed E-state index contributed by atoms with van der Waals surface area (Å²) in [5.74, 6) is -0.890. The predicted molar refractivity (Wildman–Crippen MR) is 126 cm³/mol. The summed E-state index contributed by atoms with van der Waals surface area (Å²) >= 11 is 5.95. The van der Waals surface area contributed by atoms with Crippen molar-refractivity contribution in [2.45, 2.75) is 31.7 Å². The van der Waals surface area contributed by atoms with Gasteiger partial charge in [0.1, 0.15) is 11.9 Å². The fourth-order valence-corrected chi connectivity index (χ4v) is 4.26. The van der Waals surface area contributed by atoms with Gasteiger partial charge in [0.05, 0.1) is 21.3 Å². The first kappa shape index (κ1) is 23.6. The number of aryl methyl sites for hydroxylation is 2. The predicted octanol–water partition coefficient (Wildman–Crippen LogP) is 5.34. The van der Waals surface area contributed by atoms with Crippen molar-refractivity contribution in [1.29, 1.82) is 0 Å². The fourth-order valence-electron chi connectivity index (χ4n) is 2.91. The van der Waals surface area contributed by atoms with E-state index in [4.69, 9.17) is 11.6 Å². The van der Waals surface area contributed by atoms with Crippen molar-refractivity contribution in [2.24, 2.45) is 0 Å². The van der Waals surface area contributed by atoms with Crippen LogP contribution in [0, 0.1) is 19.7 Å². The van der Waals surface area contributed by atoms with E-state index in [1.165, 1.54) is 12.1 Å². The van der Waals surface area contributed by atoms with E-state index < -0.39 is 21.9 Å². The van der Waals surface area contributed by atoms with Gasteiger partial charge in [-0.1, -0.05) is 23.7 Å². The van der Waals surface area contributed by atoms with Crippen LogP contribution in [0.15, 0.2) is 65.6 Å². The second-order valence-electron chi connectivity index (χ2n) is 7.41. The Hall–Kier alpha value is -3.10. The minimum atomic E-state index is -3.77. The molecule has 32 heavy (non-hydrogen) atoms. The Kier molecular flexibility index (Phi) is 7.06. The van der Waals surface area contributed by atoms with Crippen molar-refractivity contribution in [1.82, 2.24) is 0 Å². The highest BCUT2D eigenvalue weighted by atomic mass is 35.5. The Balaban J connectivity index is 1.70. The Bertz CT molecular complexity index is 1270. The van der Waals surface area contributed by atoms with Crippen molar-refractivity contribution in [3.63, 3.8) is 0 Å². The van der Waals surface area contributed by atoms with Gasteiger partial charge in [-0.3, -0.25) is 9.52 Å². The molecule has 3 aromatic rings. The monoisotopic (exact) mass is 475 g/mol. The van der Waals surface area contributed by atoms with Crippen molar-refractivity contribution >= 4 is 44.6 Å². The molecular weight excluding hydrogens is 453 g/mol. The number of rotatable bonds is 7. The second kappa shape index (κ2) is 9.58. The minimum Gasteiger partial charge on any atom is -0.374 e. The zero-order valence-electron chi connectivity index (χ0n) is 17.7. The number of sulfonamides is 1. The SMILES string of the molecule is Cc1ccc(S(=O)(=O)Nc2cccc(N[C@H](C)C(=O)Nc3ccc(F)cc3Cl)c2)cc1C. The van der Waals surface area contributed by atoms with Crippen LogP contribution in [0.25, 0.3) is 0 Å². The molecule has 0 aliphatic rings. The molecule has 0 spiro atoms. The number of hydrogen-bond donors (Lipinski definition) is 3. The number of hydrogen-bond acceptors (Lipinski definition) is 4. The summed E-state index contributed by atoms with van der Waals surface area (Å²) in [6, 6.07) is 14.5. The molecule has 0 bridgehead atoms. The standard InChI is InChI=1S/C23H23ClFN3O3S/c1-14-7-9-20(11-15(14)2)32(30,31)28-19-6-4-5-18(13-19)26-16(3)23(29)27-22-10-8-17(25)12-21(22)24/h4-13,16,26,28H,1-3H3,(H,27,29)/t16-/m1/s1. The molecule has 1 atom stereocenters. The summed E-state index contributed by atoms with van der Waals surface area (Å²) in [5, 5.41) is 5.73. The smallest absolute Gasteiger partial charge is 0.261 e. The zero-order chi connectivity index (χ0) is 23.5. The third kappa shape index (κ3) is 5.77. The van der Waals surface area contributed by atoms with Gasteiger partial charge in [0.25, 0.3) is 10.0 Å². The molecule has 0 saturated carbocycles. The Morgan fingerprint density at radius 1 is 0.969 bits per heavy atom. The molecule has 0 fully saturated rings. The van der Waals surface area contributed by atoms with E-state index in [1.54, 1.807) is 49.4 Å². The van der Waals surface area contributed by atoms with Crippen LogP contribution < -0.4 is 15.4 Å². The Labute approximate surface area is 191 Å². The van der Waals surface area contributed by atoms with Crippen LogP contribution in [0.1, 0.15) is 18.1 Å². The molecule has 0 radical (unpaired) electrons. The zero-order valence-corrected chi connectivity index (χ0v) is 19.3. The van der Waals surface area contributed by atoms with Crippen LogP contribution in [-0.4, -0.2) is 20.4 Å². The van der Waals surface area contributed by atoms with Gasteiger partial charge in [-0.2, -0.15) is 0 Å². The lowest BCUT2D eigenvalue weighted by Crippen LogP contribution is -2.32. The number of benzene rings is 3. The molecule has 3 aromatic carbocycles. The number of carbonyl (C=O) groups excluding carboxylic acids is 1. The third-order valence-corrected chi connectivity index (χ3v) is 6.56. The average Bonchev–Trinajstić information content (AvgIpc) is 2.71. The number of carbonyl (C=O) groups is 1. The number of halogens is 2. The molecule has 168 valence electrons. The van der Waals surface area contributed by atoms with Gasteiger partial charge in [0.2, 0.25) is 5.91 Å². The quantitative estimate of drug-likeness (QED) is 0.430. The highest BCUT2D eigenvalue weighted by Crippen LogP contribution is 2.24. The summed E-state index contributed by atoms with van der Waals surface area (Å²) in [6.07, 6.45) is 0. The van der Waals surface area contributed by atoms with Crippen LogP contribution in [-0.2, 0) is 14.8 Å². The van der Waals surface area contributed by atoms with E-state index in [-0.39, 0.29) is 15.8 Å². The van der Waals surface area contributed by atoms with Crippen molar-refractivity contribution in [3.05, 3.63) is 82.6 Å². The van der Waals surface area contributed by atoms with Crippen LogP contribution in [0.4, 0.5) is 21.5 Å². The van der Waals surface area contributed by atoms with Crippen molar-refractivity contribution < 1.29 is 17.6 Å². The molecule has 0 unspecified atom stereocenters. The second-order valence-corrected chi connectivity index (χ2v) is 9.50. The van der Waals surface area contributed by atoms with E-state index in [2.05, 4.69) is 15.4 Å². The molecule has 0 heterocycles. The number of amides is 1. The van der Waals surface area contributed by atoms with Crippen molar-refractivity contribution in [2.75, 3.05) is 15.4 Å². The molecule has 3 N–H and O–H groups in total. The van der Waals surface area contributed by atoms with E-state index in [0.29, 0.717) is 17.1 Å². The first-order valence-corrected chi connectivity index (χ1v) is 11.6. The number of nitrogens with one attached hydrogen (secondary N) is 3. The maximum atomic E-state index is 13.2. The Morgan fingerprint density at radius 2 is 1.69 bits per heavy atom. The van der Waals surface area contributed by atoms with Crippen LogP contribution in [0.2, 0.25) is 5.02 Å². The lowest BCUT2D eigenvalue weighted by Gasteiger charge is -2.17. The highest BCUT2D eigenvalue weighted by Gasteiger charge is 2.17. The van der Waals surface area contributed by atoms with E-state index in [0.717, 1.165) is 17.2 Å². The van der Waals surface area contributed by atoms with Crippen LogP contribution >= 0.6 is 11.6 Å². The largest absolute Gasteiger partial charge is 0.374 e. The first-order chi connectivity index (χ1) is 15.0. The average molecular weight is 476 g/mol. The van der Waals surface area contributed by atoms with Crippen LogP contribution in [0.5, 0.6) is 0 Å². The minimum absolute atomic E-state index is 0.0910. The molecule has 9 heteroatoms. The highest BCUT2D eigenvalue weighted by molar-refractivity contribution is 7.92. The molecule has 0 aliphatic heterocycles. The number of anilines is 3. The van der Waals surface area contributed by atoms with Gasteiger partial charge in [0, 0.05) is 5.69 Å². The van der Waals surface area contributed by atoms with Gasteiger partial charge in [0.15, 0.2) is 0 Å². The summed E-state index contributed by atoms with van der Waals surface area (Å²) in [7, 11) is -3.77. The first-order valence-electron chi connectivity index (χ1n) is 9.78. The normalized spacial score (nSPS) is 12.2. The summed E-state index contributed by atoms with van der Waals surface area (Å²) in [4.78, 5) is 12.6. The lowest BCUT2D eigenvalue weighted by atomic mass is 10.1. The molecule has 0 aliphatic carbocycles. The molecular formula is C23H23ClFN3O3S. The third-order valence-electron chi connectivity index (χ3n) is 4.87.